The van der Waals surface area contributed by atoms with Crippen LogP contribution in [0, 0.1) is 12.8 Å². The van der Waals surface area contributed by atoms with E-state index in [0.29, 0.717) is 10.8 Å². The van der Waals surface area contributed by atoms with Gasteiger partial charge in [-0.1, -0.05) is 19.1 Å². The normalized spacial score (nSPS) is 25.0. The average molecular weight is 268 g/mol. The highest BCUT2D eigenvalue weighted by Crippen LogP contribution is 2.16. The van der Waals surface area contributed by atoms with Gasteiger partial charge in [0, 0.05) is 6.04 Å². The van der Waals surface area contributed by atoms with E-state index < -0.39 is 10.0 Å². The van der Waals surface area contributed by atoms with Crippen molar-refractivity contribution < 1.29 is 8.42 Å². The molecule has 0 spiro atoms. The lowest BCUT2D eigenvalue weighted by molar-refractivity contribution is 0.328. The van der Waals surface area contributed by atoms with E-state index in [1.165, 1.54) is 0 Å². The fourth-order valence-corrected chi connectivity index (χ4v) is 3.72. The number of benzene rings is 1. The SMILES string of the molecule is Cc1cccc(S(=O)(=O)NC2CCNCC2C)c1. The standard InChI is InChI=1S/C13H20N2O2S/c1-10-4-3-5-12(8-10)18(16,17)15-13-6-7-14-9-11(13)2/h3-5,8,11,13-15H,6-7,9H2,1-2H3. The quantitative estimate of drug-likeness (QED) is 0.868. The Labute approximate surface area is 109 Å². The van der Waals surface area contributed by atoms with Crippen LogP contribution in [0.25, 0.3) is 0 Å². The minimum absolute atomic E-state index is 0.0248. The molecule has 5 heteroatoms. The van der Waals surface area contributed by atoms with Crippen LogP contribution in [-0.2, 0) is 10.0 Å². The van der Waals surface area contributed by atoms with Crippen molar-refractivity contribution in [2.24, 2.45) is 5.92 Å². The molecular formula is C13H20N2O2S. The third-order valence-corrected chi connectivity index (χ3v) is 4.88. The zero-order chi connectivity index (χ0) is 13.2. The summed E-state index contributed by atoms with van der Waals surface area (Å²) in [4.78, 5) is 0.355. The fourth-order valence-electron chi connectivity index (χ4n) is 2.24. The summed E-state index contributed by atoms with van der Waals surface area (Å²) in [5, 5.41) is 3.26. The summed E-state index contributed by atoms with van der Waals surface area (Å²) in [6.45, 7) is 5.69. The summed E-state index contributed by atoms with van der Waals surface area (Å²) in [5.74, 6) is 0.318. The third kappa shape index (κ3) is 3.10. The zero-order valence-corrected chi connectivity index (χ0v) is 11.6. The Kier molecular flexibility index (Phi) is 4.04. The largest absolute Gasteiger partial charge is 0.316 e. The van der Waals surface area contributed by atoms with Gasteiger partial charge in [-0.05, 0) is 50.0 Å². The van der Waals surface area contributed by atoms with Crippen LogP contribution >= 0.6 is 0 Å². The van der Waals surface area contributed by atoms with Crippen molar-refractivity contribution in [2.45, 2.75) is 31.2 Å². The van der Waals surface area contributed by atoms with Crippen LogP contribution in [0.3, 0.4) is 0 Å². The van der Waals surface area contributed by atoms with Gasteiger partial charge in [-0.15, -0.1) is 0 Å². The zero-order valence-electron chi connectivity index (χ0n) is 10.8. The first-order chi connectivity index (χ1) is 8.49. The van der Waals surface area contributed by atoms with Gasteiger partial charge in [-0.3, -0.25) is 0 Å². The maximum Gasteiger partial charge on any atom is 0.240 e. The highest BCUT2D eigenvalue weighted by molar-refractivity contribution is 7.89. The Hall–Kier alpha value is -0.910. The van der Waals surface area contributed by atoms with Crippen LogP contribution in [0.4, 0.5) is 0 Å². The molecule has 1 aliphatic heterocycles. The van der Waals surface area contributed by atoms with E-state index in [1.807, 2.05) is 13.0 Å². The van der Waals surface area contributed by atoms with Crippen LogP contribution in [0.15, 0.2) is 29.2 Å². The van der Waals surface area contributed by atoms with Crippen LogP contribution in [0.5, 0.6) is 0 Å². The Morgan fingerprint density at radius 1 is 1.39 bits per heavy atom. The molecule has 100 valence electrons. The summed E-state index contributed by atoms with van der Waals surface area (Å²) in [6.07, 6.45) is 0.839. The van der Waals surface area contributed by atoms with Crippen molar-refractivity contribution in [3.05, 3.63) is 29.8 Å². The van der Waals surface area contributed by atoms with E-state index in [0.717, 1.165) is 25.1 Å². The van der Waals surface area contributed by atoms with E-state index in [4.69, 9.17) is 0 Å². The number of aryl methyl sites for hydroxylation is 1. The maximum atomic E-state index is 12.3. The second kappa shape index (κ2) is 5.38. The molecule has 1 fully saturated rings. The van der Waals surface area contributed by atoms with Crippen molar-refractivity contribution >= 4 is 10.0 Å². The van der Waals surface area contributed by atoms with Gasteiger partial charge in [0.2, 0.25) is 10.0 Å². The van der Waals surface area contributed by atoms with Gasteiger partial charge in [-0.25, -0.2) is 13.1 Å². The first-order valence-corrected chi connectivity index (χ1v) is 7.77. The molecule has 1 aromatic rings. The highest BCUT2D eigenvalue weighted by Gasteiger charge is 2.26. The smallest absolute Gasteiger partial charge is 0.240 e. The van der Waals surface area contributed by atoms with E-state index in [-0.39, 0.29) is 6.04 Å². The average Bonchev–Trinajstić information content (AvgIpc) is 2.32. The van der Waals surface area contributed by atoms with Crippen molar-refractivity contribution in [3.8, 4) is 0 Å². The lowest BCUT2D eigenvalue weighted by atomic mass is 9.97. The summed E-state index contributed by atoms with van der Waals surface area (Å²) >= 11 is 0. The molecule has 18 heavy (non-hydrogen) atoms. The first-order valence-electron chi connectivity index (χ1n) is 6.29. The molecule has 1 aromatic carbocycles. The molecule has 0 radical (unpaired) electrons. The monoisotopic (exact) mass is 268 g/mol. The second-order valence-electron chi connectivity index (χ2n) is 5.01. The molecule has 2 N–H and O–H groups in total. The molecule has 2 unspecified atom stereocenters. The summed E-state index contributed by atoms with van der Waals surface area (Å²) in [5.41, 5.74) is 0.955. The minimum atomic E-state index is -3.39. The number of hydrogen-bond acceptors (Lipinski definition) is 3. The number of rotatable bonds is 3. The first kappa shape index (κ1) is 13.5. The van der Waals surface area contributed by atoms with Crippen molar-refractivity contribution in [1.82, 2.24) is 10.0 Å². The van der Waals surface area contributed by atoms with Crippen molar-refractivity contribution in [2.75, 3.05) is 13.1 Å². The predicted molar refractivity (Wildman–Crippen MR) is 71.9 cm³/mol. The molecule has 0 amide bonds. The third-order valence-electron chi connectivity index (χ3n) is 3.39. The topological polar surface area (TPSA) is 58.2 Å². The summed E-state index contributed by atoms with van der Waals surface area (Å²) in [7, 11) is -3.39. The summed E-state index contributed by atoms with van der Waals surface area (Å²) < 4.78 is 27.4. The Morgan fingerprint density at radius 3 is 2.83 bits per heavy atom. The van der Waals surface area contributed by atoms with Gasteiger partial charge < -0.3 is 5.32 Å². The lowest BCUT2D eigenvalue weighted by Crippen LogP contribution is -2.48. The number of nitrogens with one attached hydrogen (secondary N) is 2. The minimum Gasteiger partial charge on any atom is -0.316 e. The van der Waals surface area contributed by atoms with Gasteiger partial charge in [0.05, 0.1) is 4.90 Å². The second-order valence-corrected chi connectivity index (χ2v) is 6.73. The van der Waals surface area contributed by atoms with Crippen LogP contribution in [0.2, 0.25) is 0 Å². The number of sulfonamides is 1. The van der Waals surface area contributed by atoms with Gasteiger partial charge in [-0.2, -0.15) is 0 Å². The molecule has 0 saturated carbocycles. The Morgan fingerprint density at radius 2 is 2.17 bits per heavy atom. The highest BCUT2D eigenvalue weighted by atomic mass is 32.2. The van der Waals surface area contributed by atoms with Gasteiger partial charge in [0.15, 0.2) is 0 Å². The summed E-state index contributed by atoms with van der Waals surface area (Å²) in [6, 6.07) is 7.04. The Balaban J connectivity index is 2.16. The van der Waals surface area contributed by atoms with Crippen LogP contribution in [0.1, 0.15) is 18.9 Å². The molecule has 1 aliphatic rings. The number of hydrogen-bond donors (Lipinski definition) is 2. The molecule has 0 aliphatic carbocycles. The van der Waals surface area contributed by atoms with E-state index in [1.54, 1.807) is 18.2 Å². The van der Waals surface area contributed by atoms with E-state index in [2.05, 4.69) is 17.0 Å². The van der Waals surface area contributed by atoms with Gasteiger partial charge >= 0.3 is 0 Å². The van der Waals surface area contributed by atoms with Crippen LogP contribution in [-0.4, -0.2) is 27.5 Å². The molecule has 0 aromatic heterocycles. The predicted octanol–water partition coefficient (Wildman–Crippen LogP) is 1.27. The molecule has 2 atom stereocenters. The molecule has 1 saturated heterocycles. The molecule has 1 heterocycles. The molecule has 2 rings (SSSR count). The lowest BCUT2D eigenvalue weighted by Gasteiger charge is -2.29. The van der Waals surface area contributed by atoms with E-state index >= 15 is 0 Å². The van der Waals surface area contributed by atoms with E-state index in [9.17, 15) is 8.42 Å². The Bertz CT molecular complexity index is 513. The van der Waals surface area contributed by atoms with Crippen LogP contribution < -0.4 is 10.0 Å². The molecular weight excluding hydrogens is 248 g/mol. The van der Waals surface area contributed by atoms with Gasteiger partial charge in [0.1, 0.15) is 0 Å². The fraction of sp³-hybridized carbons (Fsp3) is 0.538. The molecule has 0 bridgehead atoms. The van der Waals surface area contributed by atoms with Crippen molar-refractivity contribution in [1.29, 1.82) is 0 Å². The molecule has 4 nitrogen and oxygen atoms in total. The maximum absolute atomic E-state index is 12.3. The van der Waals surface area contributed by atoms with Gasteiger partial charge in [0.25, 0.3) is 0 Å². The number of piperidine rings is 1. The van der Waals surface area contributed by atoms with Crippen molar-refractivity contribution in [3.63, 3.8) is 0 Å².